The van der Waals surface area contributed by atoms with Gasteiger partial charge in [-0.05, 0) is 32.4 Å². The molecule has 0 aromatic heterocycles. The van der Waals surface area contributed by atoms with Crippen molar-refractivity contribution in [3.05, 3.63) is 24.3 Å². The average Bonchev–Trinajstić information content (AvgIpc) is 2.90. The maximum atomic E-state index is 12.4. The fourth-order valence-electron chi connectivity index (χ4n) is 2.94. The molecule has 0 saturated carbocycles. The van der Waals surface area contributed by atoms with Crippen LogP contribution in [0.2, 0.25) is 0 Å². The minimum atomic E-state index is -3.08. The van der Waals surface area contributed by atoms with E-state index in [1.165, 1.54) is 4.90 Å². The van der Waals surface area contributed by atoms with Crippen LogP contribution in [0.5, 0.6) is 5.75 Å². The number of ether oxygens (including phenoxy) is 1. The summed E-state index contributed by atoms with van der Waals surface area (Å²) < 4.78 is 28.7. The molecule has 1 aliphatic heterocycles. The van der Waals surface area contributed by atoms with Crippen molar-refractivity contribution in [2.24, 2.45) is 0 Å². The molecule has 7 nitrogen and oxygen atoms in total. The summed E-state index contributed by atoms with van der Waals surface area (Å²) >= 11 is 0. The minimum absolute atomic E-state index is 0.0264. The van der Waals surface area contributed by atoms with Crippen molar-refractivity contribution >= 4 is 27.3 Å². The summed E-state index contributed by atoms with van der Waals surface area (Å²) in [5, 5.41) is 2.68. The van der Waals surface area contributed by atoms with Crippen molar-refractivity contribution in [2.45, 2.75) is 32.7 Å². The minimum Gasteiger partial charge on any atom is -0.492 e. The number of nitrogens with one attached hydrogen (secondary N) is 1. The van der Waals surface area contributed by atoms with E-state index in [9.17, 15) is 18.0 Å². The predicted molar refractivity (Wildman–Crippen MR) is 95.3 cm³/mol. The van der Waals surface area contributed by atoms with Crippen LogP contribution in [0.15, 0.2) is 24.3 Å². The Bertz CT molecular complexity index is 732. The number of carbonyl (C=O) groups excluding carboxylic acids is 2. The van der Waals surface area contributed by atoms with Gasteiger partial charge in [-0.3, -0.25) is 9.59 Å². The van der Waals surface area contributed by atoms with Crippen LogP contribution in [0.25, 0.3) is 0 Å². The lowest BCUT2D eigenvalue weighted by molar-refractivity contribution is -0.135. The second-order valence-corrected chi connectivity index (χ2v) is 8.12. The first-order valence-electron chi connectivity index (χ1n) is 8.37. The molecule has 1 heterocycles. The third-order valence-electron chi connectivity index (χ3n) is 4.08. The van der Waals surface area contributed by atoms with E-state index >= 15 is 0 Å². The van der Waals surface area contributed by atoms with Crippen molar-refractivity contribution in [2.75, 3.05) is 30.0 Å². The average molecular weight is 368 g/mol. The van der Waals surface area contributed by atoms with Gasteiger partial charge < -0.3 is 15.0 Å². The molecule has 25 heavy (non-hydrogen) atoms. The Labute approximate surface area is 148 Å². The smallest absolute Gasteiger partial charge is 0.233 e. The van der Waals surface area contributed by atoms with E-state index in [0.29, 0.717) is 31.0 Å². The van der Waals surface area contributed by atoms with Crippen LogP contribution in [0, 0.1) is 0 Å². The van der Waals surface area contributed by atoms with Gasteiger partial charge in [0.25, 0.3) is 0 Å². The fraction of sp³-hybridized carbons (Fsp3) is 0.529. The van der Waals surface area contributed by atoms with Gasteiger partial charge >= 0.3 is 0 Å². The molecule has 0 spiro atoms. The molecule has 0 bridgehead atoms. The zero-order valence-electron chi connectivity index (χ0n) is 14.5. The van der Waals surface area contributed by atoms with Crippen LogP contribution in [0.1, 0.15) is 26.7 Å². The Morgan fingerprint density at radius 2 is 2.00 bits per heavy atom. The van der Waals surface area contributed by atoms with Crippen molar-refractivity contribution in [1.29, 1.82) is 0 Å². The van der Waals surface area contributed by atoms with Gasteiger partial charge in [-0.1, -0.05) is 12.1 Å². The van der Waals surface area contributed by atoms with E-state index in [0.717, 1.165) is 0 Å². The molecule has 1 saturated heterocycles. The highest BCUT2D eigenvalue weighted by atomic mass is 32.2. The van der Waals surface area contributed by atoms with Crippen LogP contribution in [-0.4, -0.2) is 55.8 Å². The number of hydrogen-bond acceptors (Lipinski definition) is 5. The summed E-state index contributed by atoms with van der Waals surface area (Å²) in [7, 11) is -3.08. The number of para-hydroxylation sites is 2. The number of anilines is 1. The van der Waals surface area contributed by atoms with Gasteiger partial charge in [0.2, 0.25) is 11.8 Å². The van der Waals surface area contributed by atoms with Crippen LogP contribution in [0.4, 0.5) is 5.69 Å². The summed E-state index contributed by atoms with van der Waals surface area (Å²) in [6, 6.07) is 6.66. The number of sulfone groups is 1. The molecule has 0 aliphatic carbocycles. The number of hydrogen-bond donors (Lipinski definition) is 1. The molecule has 2 rings (SSSR count). The van der Waals surface area contributed by atoms with Gasteiger partial charge in [-0.15, -0.1) is 0 Å². The lowest BCUT2D eigenvalue weighted by Crippen LogP contribution is -2.42. The predicted octanol–water partition coefficient (Wildman–Crippen LogP) is 1.45. The third-order valence-corrected chi connectivity index (χ3v) is 5.83. The molecule has 1 N–H and O–H groups in total. The summed E-state index contributed by atoms with van der Waals surface area (Å²) in [5.74, 6) is -0.205. The topological polar surface area (TPSA) is 92.8 Å². The van der Waals surface area contributed by atoms with Gasteiger partial charge in [-0.25, -0.2) is 8.42 Å². The summed E-state index contributed by atoms with van der Waals surface area (Å²) in [5.41, 5.74) is 0.508. The SMILES string of the molecule is CCOc1ccccc1NC(=O)CC(=O)N(CC)C1CCS(=O)(=O)C1. The molecule has 1 fully saturated rings. The van der Waals surface area contributed by atoms with Crippen LogP contribution in [0.3, 0.4) is 0 Å². The summed E-state index contributed by atoms with van der Waals surface area (Å²) in [6.45, 7) is 4.47. The number of benzene rings is 1. The second-order valence-electron chi connectivity index (χ2n) is 5.89. The lowest BCUT2D eigenvalue weighted by atomic mass is 10.2. The standard InChI is InChI=1S/C17H24N2O5S/c1-3-19(13-9-10-25(22,23)12-13)17(21)11-16(20)18-14-7-5-6-8-15(14)24-4-2/h5-8,13H,3-4,9-12H2,1-2H3,(H,18,20). The molecular formula is C17H24N2O5S. The molecule has 1 unspecified atom stereocenters. The Kier molecular flexibility index (Phi) is 6.41. The first-order valence-corrected chi connectivity index (χ1v) is 10.2. The molecule has 8 heteroatoms. The van der Waals surface area contributed by atoms with E-state index in [-0.39, 0.29) is 29.9 Å². The zero-order chi connectivity index (χ0) is 18.4. The molecule has 138 valence electrons. The largest absolute Gasteiger partial charge is 0.492 e. The molecule has 1 aliphatic rings. The Balaban J connectivity index is 1.98. The number of carbonyl (C=O) groups is 2. The molecule has 0 radical (unpaired) electrons. The van der Waals surface area contributed by atoms with Gasteiger partial charge in [0.05, 0.1) is 23.8 Å². The fourth-order valence-corrected chi connectivity index (χ4v) is 4.67. The maximum absolute atomic E-state index is 12.4. The zero-order valence-corrected chi connectivity index (χ0v) is 15.3. The van der Waals surface area contributed by atoms with E-state index in [1.54, 1.807) is 31.2 Å². The van der Waals surface area contributed by atoms with E-state index in [1.807, 2.05) is 6.92 Å². The van der Waals surface area contributed by atoms with E-state index in [2.05, 4.69) is 5.32 Å². The van der Waals surface area contributed by atoms with Crippen molar-refractivity contribution in [3.8, 4) is 5.75 Å². The summed E-state index contributed by atoms with van der Waals surface area (Å²) in [4.78, 5) is 26.1. The highest BCUT2D eigenvalue weighted by Crippen LogP contribution is 2.24. The van der Waals surface area contributed by atoms with Gasteiger partial charge in [0, 0.05) is 12.6 Å². The first kappa shape index (κ1) is 19.2. The monoisotopic (exact) mass is 368 g/mol. The summed E-state index contributed by atoms with van der Waals surface area (Å²) in [6.07, 6.45) is 0.0988. The molecule has 1 aromatic carbocycles. The normalized spacial score (nSPS) is 18.6. The molecule has 1 atom stereocenters. The van der Waals surface area contributed by atoms with Crippen molar-refractivity contribution < 1.29 is 22.7 Å². The highest BCUT2D eigenvalue weighted by molar-refractivity contribution is 7.91. The van der Waals surface area contributed by atoms with Gasteiger partial charge in [0.1, 0.15) is 12.2 Å². The van der Waals surface area contributed by atoms with E-state index < -0.39 is 15.7 Å². The Morgan fingerprint density at radius 3 is 2.60 bits per heavy atom. The number of nitrogens with zero attached hydrogens (tertiary/aromatic N) is 1. The second kappa shape index (κ2) is 8.33. The first-order chi connectivity index (χ1) is 11.9. The van der Waals surface area contributed by atoms with Crippen molar-refractivity contribution in [1.82, 2.24) is 4.90 Å². The van der Waals surface area contributed by atoms with Gasteiger partial charge in [0.15, 0.2) is 9.84 Å². The molecule has 1 aromatic rings. The molecule has 2 amide bonds. The molecular weight excluding hydrogens is 344 g/mol. The van der Waals surface area contributed by atoms with Gasteiger partial charge in [-0.2, -0.15) is 0 Å². The number of amides is 2. The number of rotatable bonds is 7. The third kappa shape index (κ3) is 5.19. The van der Waals surface area contributed by atoms with Crippen LogP contribution in [-0.2, 0) is 19.4 Å². The quantitative estimate of drug-likeness (QED) is 0.736. The maximum Gasteiger partial charge on any atom is 0.233 e. The highest BCUT2D eigenvalue weighted by Gasteiger charge is 2.34. The van der Waals surface area contributed by atoms with Crippen LogP contribution >= 0.6 is 0 Å². The van der Waals surface area contributed by atoms with Crippen LogP contribution < -0.4 is 10.1 Å². The lowest BCUT2D eigenvalue weighted by Gasteiger charge is -2.26. The Morgan fingerprint density at radius 1 is 1.28 bits per heavy atom. The van der Waals surface area contributed by atoms with Crippen molar-refractivity contribution in [3.63, 3.8) is 0 Å². The Hall–Kier alpha value is -2.09. The van der Waals surface area contributed by atoms with E-state index in [4.69, 9.17) is 4.74 Å².